The molecule has 7 rings (SSSR count). The van der Waals surface area contributed by atoms with E-state index in [0.29, 0.717) is 0 Å². The molecule has 0 N–H and O–H groups in total. The van der Waals surface area contributed by atoms with Crippen molar-refractivity contribution in [3.63, 3.8) is 0 Å². The minimum atomic E-state index is -1.22. The van der Waals surface area contributed by atoms with Gasteiger partial charge in [-0.05, 0) is 38.8 Å². The average molecular weight is 639 g/mol. The molecule has 0 nitrogen and oxygen atoms in total. The molecule has 0 saturated carbocycles. The fourth-order valence-corrected chi connectivity index (χ4v) is 7.86. The van der Waals surface area contributed by atoms with Crippen LogP contribution in [0.2, 0.25) is 0 Å². The maximum atomic E-state index is 2.28. The molecule has 0 spiro atoms. The van der Waals surface area contributed by atoms with Crippen molar-refractivity contribution in [3.05, 3.63) is 229 Å². The van der Waals surface area contributed by atoms with Crippen molar-refractivity contribution in [1.29, 1.82) is 0 Å². The Labute approximate surface area is 289 Å². The van der Waals surface area contributed by atoms with Gasteiger partial charge < -0.3 is 0 Å². The molecular weight excluding hydrogens is 594 g/mol. The molecule has 236 valence electrons. The van der Waals surface area contributed by atoms with Gasteiger partial charge in [-0.1, -0.05) is 212 Å². The van der Waals surface area contributed by atoms with E-state index in [-0.39, 0.29) is 5.41 Å². The molecule has 1 atom stereocenters. The standard InChI is InChI=1S/C24H20B.C22H23P/c1-5-13-21(14-6-1)25(22-15-7-2-8-16-22,23-17-9-3-10-18-23)24-19-11-4-12-20-24;23-18-10-17-22(19-11-4-1-5-12-19,20-13-6-2-7-14-20)21-15-8-3-9-16-21/h1-20H;1-9,11-16H,10,17-18,23H2/q-1;/p+1. The molecule has 0 aliphatic carbocycles. The predicted molar refractivity (Wildman–Crippen MR) is 214 cm³/mol. The first-order chi connectivity index (χ1) is 23.8. The molecule has 1 unspecified atom stereocenters. The molecule has 0 heterocycles. The van der Waals surface area contributed by atoms with Crippen molar-refractivity contribution in [3.8, 4) is 0 Å². The van der Waals surface area contributed by atoms with Gasteiger partial charge in [-0.3, -0.25) is 0 Å². The second-order valence-electron chi connectivity index (χ2n) is 12.5. The number of benzene rings is 7. The fourth-order valence-electron chi connectivity index (χ4n) is 7.61. The third-order valence-electron chi connectivity index (χ3n) is 9.80. The van der Waals surface area contributed by atoms with Crippen LogP contribution in [0.4, 0.5) is 0 Å². The van der Waals surface area contributed by atoms with E-state index in [9.17, 15) is 0 Å². The van der Waals surface area contributed by atoms with Gasteiger partial charge in [0.2, 0.25) is 0 Å². The summed E-state index contributed by atoms with van der Waals surface area (Å²) in [5, 5.41) is 0. The van der Waals surface area contributed by atoms with Crippen LogP contribution in [0.5, 0.6) is 0 Å². The normalized spacial score (nSPS) is 11.3. The number of hydrogen-bond donors (Lipinski definition) is 0. The van der Waals surface area contributed by atoms with Crippen LogP contribution >= 0.6 is 9.24 Å². The second-order valence-corrected chi connectivity index (χ2v) is 13.2. The molecule has 0 saturated heterocycles. The molecule has 0 bridgehead atoms. The zero-order valence-electron chi connectivity index (χ0n) is 27.6. The van der Waals surface area contributed by atoms with Crippen LogP contribution in [0.3, 0.4) is 0 Å². The minimum absolute atomic E-state index is 0.0652. The zero-order valence-corrected chi connectivity index (χ0v) is 29.0. The van der Waals surface area contributed by atoms with Gasteiger partial charge in [0.1, 0.15) is 6.15 Å². The second kappa shape index (κ2) is 16.2. The Morgan fingerprint density at radius 1 is 0.333 bits per heavy atom. The highest BCUT2D eigenvalue weighted by Gasteiger charge is 2.35. The Morgan fingerprint density at radius 2 is 0.562 bits per heavy atom. The van der Waals surface area contributed by atoms with Gasteiger partial charge in [-0.25, -0.2) is 0 Å². The van der Waals surface area contributed by atoms with Crippen LogP contribution in [-0.4, -0.2) is 12.3 Å². The van der Waals surface area contributed by atoms with E-state index < -0.39 is 6.15 Å². The van der Waals surface area contributed by atoms with Crippen molar-refractivity contribution < 1.29 is 0 Å². The van der Waals surface area contributed by atoms with E-state index in [0.717, 1.165) is 6.42 Å². The van der Waals surface area contributed by atoms with E-state index in [1.54, 1.807) is 0 Å². The highest BCUT2D eigenvalue weighted by molar-refractivity contribution is 7.19. The van der Waals surface area contributed by atoms with Crippen LogP contribution in [0.25, 0.3) is 0 Å². The summed E-state index contributed by atoms with van der Waals surface area (Å²) in [5.74, 6) is 0. The lowest BCUT2D eigenvalue weighted by molar-refractivity contribution is 0.553. The van der Waals surface area contributed by atoms with Gasteiger partial charge in [-0.15, -0.1) is 0 Å². The average Bonchev–Trinajstić information content (AvgIpc) is 3.19. The lowest BCUT2D eigenvalue weighted by Crippen LogP contribution is -2.74. The van der Waals surface area contributed by atoms with Crippen LogP contribution in [0, 0.1) is 0 Å². The van der Waals surface area contributed by atoms with Crippen LogP contribution in [-0.2, 0) is 5.41 Å². The topological polar surface area (TPSA) is 0 Å². The summed E-state index contributed by atoms with van der Waals surface area (Å²) in [5.41, 5.74) is 9.44. The Bertz CT molecular complexity index is 1650. The zero-order chi connectivity index (χ0) is 32.9. The molecule has 0 aliphatic rings. The summed E-state index contributed by atoms with van der Waals surface area (Å²) in [6, 6.07) is 76.4. The van der Waals surface area contributed by atoms with E-state index in [1.165, 1.54) is 51.1 Å². The van der Waals surface area contributed by atoms with Crippen LogP contribution < -0.4 is 21.9 Å². The lowest BCUT2D eigenvalue weighted by Gasteiger charge is -2.44. The van der Waals surface area contributed by atoms with Gasteiger partial charge in [0, 0.05) is 5.41 Å². The van der Waals surface area contributed by atoms with Crippen molar-refractivity contribution in [2.24, 2.45) is 0 Å². The van der Waals surface area contributed by atoms with Crippen molar-refractivity contribution >= 4 is 37.2 Å². The molecule has 48 heavy (non-hydrogen) atoms. The largest absolute Gasteiger partial charge is 0.195 e. The first-order valence-electron chi connectivity index (χ1n) is 17.1. The van der Waals surface area contributed by atoms with Gasteiger partial charge in [-0.2, -0.15) is 21.9 Å². The highest BCUT2D eigenvalue weighted by Crippen LogP contribution is 2.43. The maximum absolute atomic E-state index is 2.28. The van der Waals surface area contributed by atoms with E-state index in [2.05, 4.69) is 222 Å². The molecule has 0 aromatic heterocycles. The van der Waals surface area contributed by atoms with E-state index in [1.807, 2.05) is 0 Å². The Balaban J connectivity index is 0.000000168. The summed E-state index contributed by atoms with van der Waals surface area (Å²) in [4.78, 5) is 0. The van der Waals surface area contributed by atoms with Crippen molar-refractivity contribution in [2.75, 3.05) is 6.16 Å². The molecule has 2 heteroatoms. The highest BCUT2D eigenvalue weighted by atomic mass is 31.0. The molecule has 0 fully saturated rings. The summed E-state index contributed by atoms with van der Waals surface area (Å²) in [6.07, 6.45) is 2.37. The smallest absolute Gasteiger partial charge is 0.108 e. The molecule has 0 aliphatic heterocycles. The summed E-state index contributed by atoms with van der Waals surface area (Å²) in [7, 11) is 2.07. The van der Waals surface area contributed by atoms with Gasteiger partial charge in [0.15, 0.2) is 0 Å². The third kappa shape index (κ3) is 6.84. The van der Waals surface area contributed by atoms with Crippen molar-refractivity contribution in [2.45, 2.75) is 18.3 Å². The van der Waals surface area contributed by atoms with Crippen LogP contribution in [0.15, 0.2) is 212 Å². The Morgan fingerprint density at radius 3 is 0.792 bits per heavy atom. The van der Waals surface area contributed by atoms with Gasteiger partial charge >= 0.3 is 0 Å². The fraction of sp³-hybridized carbons (Fsp3) is 0.0870. The number of hydrogen-bond acceptors (Lipinski definition) is 0. The first kappa shape index (κ1) is 33.0. The Hall–Kier alpha value is -4.97. The summed E-state index contributed by atoms with van der Waals surface area (Å²) < 4.78 is 0. The summed E-state index contributed by atoms with van der Waals surface area (Å²) >= 11 is 0. The van der Waals surface area contributed by atoms with E-state index in [4.69, 9.17) is 0 Å². The van der Waals surface area contributed by atoms with E-state index >= 15 is 0 Å². The van der Waals surface area contributed by atoms with Gasteiger partial charge in [0.25, 0.3) is 0 Å². The lowest BCUT2D eigenvalue weighted by atomic mass is 9.13. The maximum Gasteiger partial charge on any atom is 0.108 e. The van der Waals surface area contributed by atoms with Crippen molar-refractivity contribution in [1.82, 2.24) is 0 Å². The molecule has 7 aromatic carbocycles. The molecule has 0 amide bonds. The molecule has 7 aromatic rings. The quantitative estimate of drug-likeness (QED) is 0.0801. The summed E-state index contributed by atoms with van der Waals surface area (Å²) in [6.45, 7) is 0. The number of rotatable bonds is 10. The first-order valence-corrected chi connectivity index (χ1v) is 18.1. The molecular formula is C46H44BP. The monoisotopic (exact) mass is 638 g/mol. The minimum Gasteiger partial charge on any atom is -0.195 e. The van der Waals surface area contributed by atoms with Gasteiger partial charge in [0.05, 0.1) is 6.16 Å². The predicted octanol–water partition coefficient (Wildman–Crippen LogP) is 8.47. The molecule has 0 radical (unpaired) electrons. The van der Waals surface area contributed by atoms with Crippen LogP contribution in [0.1, 0.15) is 29.5 Å². The third-order valence-corrected chi connectivity index (χ3v) is 10.3. The Kier molecular flexibility index (Phi) is 11.1. The SMILES string of the molecule is [PH3+]CCCC(c1ccccc1)(c1ccccc1)c1ccccc1.c1ccc([B-](c2ccccc2)(c2ccccc2)c2ccccc2)cc1.